The summed E-state index contributed by atoms with van der Waals surface area (Å²) in [6.45, 7) is 8.53. The minimum atomic E-state index is -2.74. The van der Waals surface area contributed by atoms with Crippen LogP contribution < -0.4 is 15.8 Å². The molecule has 5 aliphatic rings. The van der Waals surface area contributed by atoms with Crippen LogP contribution in [0, 0.1) is 23.2 Å². The van der Waals surface area contributed by atoms with Crippen LogP contribution >= 0.6 is 23.2 Å². The zero-order valence-electron chi connectivity index (χ0n) is 27.0. The zero-order valence-corrected chi connectivity index (χ0v) is 28.5. The molecule has 2 bridgehead atoms. The summed E-state index contributed by atoms with van der Waals surface area (Å²) in [5, 5.41) is 15.1. The molecule has 47 heavy (non-hydrogen) atoms. The Labute approximate surface area is 283 Å². The van der Waals surface area contributed by atoms with E-state index >= 15 is 0 Å². The van der Waals surface area contributed by atoms with Crippen molar-refractivity contribution in [2.45, 2.75) is 77.5 Å². The Balaban J connectivity index is 1.21. The first-order valence-corrected chi connectivity index (χ1v) is 17.4. The van der Waals surface area contributed by atoms with Crippen molar-refractivity contribution < 1.29 is 13.9 Å². The Kier molecular flexibility index (Phi) is 8.45. The SMILES string of the molecule is C[C@@H]1[C@@H](N=C(Nc2ccc3c(=O)n(CCc4ccc(Cl)cc4Cl)c(N4CCC(F)(F)CC4)nc3c2)N2CC(O)C2)C[C@@H]2C[C@H]1C2(C)C. The summed E-state index contributed by atoms with van der Waals surface area (Å²) in [4.78, 5) is 28.0. The van der Waals surface area contributed by atoms with Crippen molar-refractivity contribution in [1.82, 2.24) is 14.5 Å². The van der Waals surface area contributed by atoms with Gasteiger partial charge >= 0.3 is 0 Å². The number of benzene rings is 2. The van der Waals surface area contributed by atoms with Gasteiger partial charge in [-0.05, 0) is 78.3 Å². The number of aryl methyl sites for hydroxylation is 1. The van der Waals surface area contributed by atoms with Gasteiger partial charge in [0.2, 0.25) is 5.95 Å². The number of anilines is 2. The van der Waals surface area contributed by atoms with E-state index < -0.39 is 12.0 Å². The number of aliphatic hydroxyl groups is 1. The maximum absolute atomic E-state index is 14.1. The molecule has 1 aromatic heterocycles. The summed E-state index contributed by atoms with van der Waals surface area (Å²) >= 11 is 12.5. The van der Waals surface area contributed by atoms with Gasteiger partial charge in [0.15, 0.2) is 5.96 Å². The second kappa shape index (κ2) is 12.2. The minimum absolute atomic E-state index is 0.0943. The number of piperidine rings is 1. The highest BCUT2D eigenvalue weighted by Gasteiger charge is 2.56. The van der Waals surface area contributed by atoms with Gasteiger partial charge in [0, 0.05) is 61.3 Å². The van der Waals surface area contributed by atoms with E-state index in [2.05, 4.69) is 31.0 Å². The maximum atomic E-state index is 14.1. The Hall–Kier alpha value is -2.95. The molecule has 0 radical (unpaired) electrons. The fourth-order valence-electron chi connectivity index (χ4n) is 8.12. The number of aliphatic imine (C=N–C) groups is 1. The molecule has 4 atom stereocenters. The molecule has 3 aliphatic carbocycles. The minimum Gasteiger partial charge on any atom is -0.389 e. The molecule has 12 heteroatoms. The van der Waals surface area contributed by atoms with E-state index in [-0.39, 0.29) is 44.1 Å². The number of alkyl halides is 2. The lowest BCUT2D eigenvalue weighted by Gasteiger charge is -2.61. The first kappa shape index (κ1) is 32.6. The average molecular weight is 688 g/mol. The van der Waals surface area contributed by atoms with Crippen molar-refractivity contribution in [3.8, 4) is 0 Å². The molecule has 8 rings (SSSR count). The molecular weight excluding hydrogens is 645 g/mol. The lowest BCUT2D eigenvalue weighted by Crippen LogP contribution is -2.58. The number of hydrogen-bond donors (Lipinski definition) is 2. The van der Waals surface area contributed by atoms with Gasteiger partial charge in [-0.25, -0.2) is 18.8 Å². The van der Waals surface area contributed by atoms with Gasteiger partial charge in [-0.3, -0.25) is 9.36 Å². The van der Waals surface area contributed by atoms with Gasteiger partial charge < -0.3 is 20.2 Å². The predicted molar refractivity (Wildman–Crippen MR) is 184 cm³/mol. The van der Waals surface area contributed by atoms with E-state index in [1.165, 1.54) is 6.42 Å². The van der Waals surface area contributed by atoms with Crippen LogP contribution in [0.5, 0.6) is 0 Å². The second-order valence-corrected chi connectivity index (χ2v) is 15.4. The number of rotatable bonds is 6. The molecule has 252 valence electrons. The third-order valence-corrected chi connectivity index (χ3v) is 11.9. The third kappa shape index (κ3) is 6.21. The fourth-order valence-corrected chi connectivity index (χ4v) is 8.62. The van der Waals surface area contributed by atoms with Crippen molar-refractivity contribution in [3.05, 3.63) is 62.4 Å². The molecule has 0 amide bonds. The summed E-state index contributed by atoms with van der Waals surface area (Å²) in [6, 6.07) is 10.9. The number of fused-ring (bicyclic) bond motifs is 3. The monoisotopic (exact) mass is 686 g/mol. The summed E-state index contributed by atoms with van der Waals surface area (Å²) in [5.74, 6) is 0.122. The largest absolute Gasteiger partial charge is 0.389 e. The zero-order chi connectivity index (χ0) is 33.2. The van der Waals surface area contributed by atoms with Crippen LogP contribution in [0.3, 0.4) is 0 Å². The lowest BCUT2D eigenvalue weighted by atomic mass is 9.45. The number of guanidine groups is 1. The van der Waals surface area contributed by atoms with E-state index in [1.807, 2.05) is 18.2 Å². The van der Waals surface area contributed by atoms with Gasteiger partial charge in [0.25, 0.3) is 11.5 Å². The number of halogens is 4. The van der Waals surface area contributed by atoms with Crippen LogP contribution in [-0.2, 0) is 13.0 Å². The third-order valence-electron chi connectivity index (χ3n) is 11.4. The topological polar surface area (TPSA) is 86.0 Å². The number of nitrogens with one attached hydrogen (secondary N) is 1. The van der Waals surface area contributed by atoms with Crippen molar-refractivity contribution in [2.75, 3.05) is 36.4 Å². The van der Waals surface area contributed by atoms with Crippen molar-refractivity contribution >= 4 is 51.7 Å². The number of nitrogens with zero attached hydrogens (tertiary/aromatic N) is 5. The van der Waals surface area contributed by atoms with Crippen LogP contribution in [0.4, 0.5) is 20.4 Å². The normalized spacial score (nSPS) is 27.0. The van der Waals surface area contributed by atoms with Gasteiger partial charge in [-0.15, -0.1) is 0 Å². The molecule has 2 N–H and O–H groups in total. The fraction of sp³-hybridized carbons (Fsp3) is 0.571. The quantitative estimate of drug-likeness (QED) is 0.222. The van der Waals surface area contributed by atoms with Gasteiger partial charge in [0.05, 0.1) is 23.0 Å². The van der Waals surface area contributed by atoms with Crippen molar-refractivity contribution in [3.63, 3.8) is 0 Å². The molecule has 5 fully saturated rings. The van der Waals surface area contributed by atoms with Gasteiger partial charge in [0.1, 0.15) is 0 Å². The molecule has 3 aromatic rings. The Morgan fingerprint density at radius 1 is 1.11 bits per heavy atom. The molecule has 2 aromatic carbocycles. The van der Waals surface area contributed by atoms with E-state index in [4.69, 9.17) is 33.2 Å². The van der Waals surface area contributed by atoms with E-state index in [9.17, 15) is 18.7 Å². The molecular formula is C35H42Cl2F2N6O2. The highest BCUT2D eigenvalue weighted by atomic mass is 35.5. The average Bonchev–Trinajstić information content (AvgIpc) is 3.00. The van der Waals surface area contributed by atoms with Crippen LogP contribution in [0.1, 0.15) is 52.0 Å². The van der Waals surface area contributed by atoms with E-state index in [0.29, 0.717) is 69.6 Å². The molecule has 2 aliphatic heterocycles. The molecule has 8 nitrogen and oxygen atoms in total. The molecule has 2 saturated heterocycles. The maximum Gasteiger partial charge on any atom is 0.262 e. The first-order valence-electron chi connectivity index (χ1n) is 16.7. The van der Waals surface area contributed by atoms with Crippen LogP contribution in [0.2, 0.25) is 10.0 Å². The number of aromatic nitrogens is 2. The summed E-state index contributed by atoms with van der Waals surface area (Å²) in [5.41, 5.74) is 2.14. The standard InChI is InChI=1S/C35H42Cl2F2N6O2/c1-20-27-14-22(34(27,2)3)15-29(20)41-32(44-18-25(46)19-44)40-24-6-7-26-30(17-24)42-33(43-12-9-35(38,39)10-13-43)45(31(26)47)11-8-21-4-5-23(36)16-28(21)37/h4-7,16-17,20,22,25,27,29,46H,8-15,18-19H2,1-3H3,(H,40,41)/t20-,22-,27+,29-/m0/s1. The number of hydrogen-bond acceptors (Lipinski definition) is 5. The Morgan fingerprint density at radius 2 is 1.85 bits per heavy atom. The van der Waals surface area contributed by atoms with Crippen LogP contribution in [-0.4, -0.2) is 69.8 Å². The lowest BCUT2D eigenvalue weighted by molar-refractivity contribution is -0.108. The van der Waals surface area contributed by atoms with Gasteiger partial charge in [-0.1, -0.05) is 50.0 Å². The summed E-state index contributed by atoms with van der Waals surface area (Å²) in [7, 11) is 0. The molecule has 0 unspecified atom stereocenters. The van der Waals surface area contributed by atoms with Crippen molar-refractivity contribution in [2.24, 2.45) is 28.2 Å². The number of aliphatic hydroxyl groups excluding tert-OH is 1. The summed E-state index contributed by atoms with van der Waals surface area (Å²) in [6.07, 6.45) is 1.77. The molecule has 0 spiro atoms. The molecule has 3 heterocycles. The number of β-amino-alcohol motifs (C(OH)–C–C–N with tert-alkyl or cyclic N) is 1. The highest BCUT2D eigenvalue weighted by molar-refractivity contribution is 6.35. The molecule has 3 saturated carbocycles. The first-order chi connectivity index (χ1) is 22.3. The van der Waals surface area contributed by atoms with E-state index in [1.54, 1.807) is 27.7 Å². The van der Waals surface area contributed by atoms with Crippen molar-refractivity contribution in [1.29, 1.82) is 0 Å². The second-order valence-electron chi connectivity index (χ2n) is 14.6. The van der Waals surface area contributed by atoms with Crippen LogP contribution in [0.25, 0.3) is 10.9 Å². The Morgan fingerprint density at radius 3 is 2.51 bits per heavy atom. The predicted octanol–water partition coefficient (Wildman–Crippen LogP) is 6.70. The van der Waals surface area contributed by atoms with Crippen LogP contribution in [0.15, 0.2) is 46.2 Å². The van der Waals surface area contributed by atoms with E-state index in [0.717, 1.165) is 23.6 Å². The Bertz CT molecular complexity index is 1760. The van der Waals surface area contributed by atoms with Gasteiger partial charge in [-0.2, -0.15) is 0 Å². The highest BCUT2D eigenvalue weighted by Crippen LogP contribution is 2.61. The summed E-state index contributed by atoms with van der Waals surface area (Å²) < 4.78 is 29.9. The number of likely N-dealkylation sites (tertiary alicyclic amines) is 1. The smallest absolute Gasteiger partial charge is 0.262 e.